The van der Waals surface area contributed by atoms with E-state index in [0.29, 0.717) is 5.56 Å². The average molecular weight is 351 g/mol. The number of nitrogens with zero attached hydrogens (tertiary/aromatic N) is 1. The van der Waals surface area contributed by atoms with Crippen molar-refractivity contribution in [2.45, 2.75) is 25.8 Å². The Morgan fingerprint density at radius 3 is 2.27 bits per heavy atom. The van der Waals surface area contributed by atoms with Gasteiger partial charge in [0.1, 0.15) is 0 Å². The van der Waals surface area contributed by atoms with Crippen LogP contribution in [0.25, 0.3) is 0 Å². The summed E-state index contributed by atoms with van der Waals surface area (Å²) in [5, 5.41) is 5.44. The van der Waals surface area contributed by atoms with E-state index in [1.807, 2.05) is 30.3 Å². The van der Waals surface area contributed by atoms with E-state index in [9.17, 15) is 9.59 Å². The molecule has 5 nitrogen and oxygen atoms in total. The minimum atomic E-state index is -0.252. The van der Waals surface area contributed by atoms with E-state index in [4.69, 9.17) is 0 Å². The Morgan fingerprint density at radius 2 is 1.58 bits per heavy atom. The van der Waals surface area contributed by atoms with Crippen LogP contribution in [0.2, 0.25) is 0 Å². The van der Waals surface area contributed by atoms with Gasteiger partial charge in [-0.05, 0) is 55.8 Å². The van der Waals surface area contributed by atoms with Crippen molar-refractivity contribution in [3.8, 4) is 0 Å². The van der Waals surface area contributed by atoms with Crippen molar-refractivity contribution in [1.29, 1.82) is 0 Å². The van der Waals surface area contributed by atoms with Crippen LogP contribution in [0.3, 0.4) is 0 Å². The molecule has 0 radical (unpaired) electrons. The number of hydrogen-bond acceptors (Lipinski definition) is 3. The second kappa shape index (κ2) is 9.15. The lowest BCUT2D eigenvalue weighted by atomic mass is 10.1. The van der Waals surface area contributed by atoms with Gasteiger partial charge in [0.25, 0.3) is 5.91 Å². The van der Waals surface area contributed by atoms with Crippen molar-refractivity contribution in [3.63, 3.8) is 0 Å². The highest BCUT2D eigenvalue weighted by atomic mass is 16.2. The Morgan fingerprint density at radius 1 is 0.885 bits per heavy atom. The van der Waals surface area contributed by atoms with E-state index in [2.05, 4.69) is 15.5 Å². The first-order chi connectivity index (χ1) is 12.7. The van der Waals surface area contributed by atoms with Crippen LogP contribution >= 0.6 is 0 Å². The molecule has 136 valence electrons. The lowest BCUT2D eigenvalue weighted by Crippen LogP contribution is -2.32. The van der Waals surface area contributed by atoms with Crippen LogP contribution in [-0.4, -0.2) is 36.3 Å². The molecule has 1 aliphatic heterocycles. The topological polar surface area (TPSA) is 61.4 Å². The highest BCUT2D eigenvalue weighted by molar-refractivity contribution is 5.99. The number of likely N-dealkylation sites (tertiary alicyclic amines) is 1. The van der Waals surface area contributed by atoms with E-state index < -0.39 is 0 Å². The summed E-state index contributed by atoms with van der Waals surface area (Å²) in [6.45, 7) is 3.24. The van der Waals surface area contributed by atoms with Crippen molar-refractivity contribution in [2.75, 3.05) is 25.0 Å². The van der Waals surface area contributed by atoms with Crippen LogP contribution in [0.4, 0.5) is 5.69 Å². The van der Waals surface area contributed by atoms with Gasteiger partial charge in [0.15, 0.2) is 0 Å². The summed E-state index contributed by atoms with van der Waals surface area (Å²) in [5.41, 5.74) is 2.54. The first-order valence-corrected chi connectivity index (χ1v) is 9.15. The third kappa shape index (κ3) is 5.43. The van der Waals surface area contributed by atoms with Crippen LogP contribution in [0.5, 0.6) is 0 Å². The van der Waals surface area contributed by atoms with E-state index in [1.165, 1.54) is 37.9 Å². The van der Waals surface area contributed by atoms with E-state index in [-0.39, 0.29) is 18.4 Å². The number of benzene rings is 2. The summed E-state index contributed by atoms with van der Waals surface area (Å²) in [6.07, 6.45) is 3.90. The highest BCUT2D eigenvalue weighted by Gasteiger charge is 2.11. The maximum atomic E-state index is 12.0. The van der Waals surface area contributed by atoms with Gasteiger partial charge in [-0.2, -0.15) is 0 Å². The standard InChI is InChI=1S/C21H25N3O2/c25-20(15-22-21(26)18-7-3-1-4-8-18)23-19-11-9-17(10-12-19)16-24-13-5-2-6-14-24/h1,3-4,7-12H,2,5-6,13-16H2,(H,22,26)(H,23,25). The molecule has 1 fully saturated rings. The molecule has 1 heterocycles. The zero-order chi connectivity index (χ0) is 18.2. The van der Waals surface area contributed by atoms with E-state index in [1.54, 1.807) is 24.3 Å². The fraction of sp³-hybridized carbons (Fsp3) is 0.333. The fourth-order valence-corrected chi connectivity index (χ4v) is 3.13. The van der Waals surface area contributed by atoms with Gasteiger partial charge in [-0.1, -0.05) is 36.8 Å². The molecule has 0 bridgehead atoms. The molecule has 0 aromatic heterocycles. The molecule has 0 spiro atoms. The van der Waals surface area contributed by atoms with Crippen molar-refractivity contribution < 1.29 is 9.59 Å². The first-order valence-electron chi connectivity index (χ1n) is 9.15. The van der Waals surface area contributed by atoms with Crippen LogP contribution in [0.1, 0.15) is 35.2 Å². The predicted octanol–water partition coefficient (Wildman–Crippen LogP) is 3.04. The lowest BCUT2D eigenvalue weighted by molar-refractivity contribution is -0.115. The summed E-state index contributed by atoms with van der Waals surface area (Å²) in [7, 11) is 0. The second-order valence-corrected chi connectivity index (χ2v) is 6.63. The zero-order valence-corrected chi connectivity index (χ0v) is 14.9. The summed E-state index contributed by atoms with van der Waals surface area (Å²) in [4.78, 5) is 26.4. The molecule has 0 saturated carbocycles. The summed E-state index contributed by atoms with van der Waals surface area (Å²) < 4.78 is 0. The second-order valence-electron chi connectivity index (χ2n) is 6.63. The number of anilines is 1. The molecule has 1 saturated heterocycles. The SMILES string of the molecule is O=C(CNC(=O)c1ccccc1)Nc1ccc(CN2CCCCC2)cc1. The Bertz CT molecular complexity index is 723. The van der Waals surface area contributed by atoms with Gasteiger partial charge in [-0.15, -0.1) is 0 Å². The summed E-state index contributed by atoms with van der Waals surface area (Å²) >= 11 is 0. The number of hydrogen-bond donors (Lipinski definition) is 2. The molecule has 26 heavy (non-hydrogen) atoms. The van der Waals surface area contributed by atoms with Gasteiger partial charge in [0.05, 0.1) is 6.54 Å². The highest BCUT2D eigenvalue weighted by Crippen LogP contribution is 2.15. The maximum absolute atomic E-state index is 12.0. The summed E-state index contributed by atoms with van der Waals surface area (Å²) in [6, 6.07) is 16.8. The lowest BCUT2D eigenvalue weighted by Gasteiger charge is -2.26. The van der Waals surface area contributed by atoms with Crippen molar-refractivity contribution in [1.82, 2.24) is 10.2 Å². The number of carbonyl (C=O) groups is 2. The molecular weight excluding hydrogens is 326 g/mol. The van der Waals surface area contributed by atoms with Gasteiger partial charge >= 0.3 is 0 Å². The summed E-state index contributed by atoms with van der Waals surface area (Å²) in [5.74, 6) is -0.490. The monoisotopic (exact) mass is 351 g/mol. The molecule has 5 heteroatoms. The van der Waals surface area contributed by atoms with Crippen molar-refractivity contribution in [2.24, 2.45) is 0 Å². The average Bonchev–Trinajstić information content (AvgIpc) is 2.69. The Hall–Kier alpha value is -2.66. The molecule has 0 aliphatic carbocycles. The largest absolute Gasteiger partial charge is 0.343 e. The molecule has 0 unspecified atom stereocenters. The van der Waals surface area contributed by atoms with Gasteiger partial charge < -0.3 is 10.6 Å². The van der Waals surface area contributed by atoms with Gasteiger partial charge in [-0.25, -0.2) is 0 Å². The van der Waals surface area contributed by atoms with Crippen LogP contribution in [-0.2, 0) is 11.3 Å². The smallest absolute Gasteiger partial charge is 0.251 e. The van der Waals surface area contributed by atoms with Crippen molar-refractivity contribution >= 4 is 17.5 Å². The number of carbonyl (C=O) groups excluding carboxylic acids is 2. The molecule has 2 aromatic carbocycles. The number of nitrogens with one attached hydrogen (secondary N) is 2. The normalized spacial score (nSPS) is 14.6. The van der Waals surface area contributed by atoms with E-state index in [0.717, 1.165) is 12.2 Å². The zero-order valence-electron chi connectivity index (χ0n) is 14.9. The van der Waals surface area contributed by atoms with Crippen molar-refractivity contribution in [3.05, 3.63) is 65.7 Å². The molecule has 3 rings (SSSR count). The molecular formula is C21H25N3O2. The van der Waals surface area contributed by atoms with Gasteiger partial charge in [0, 0.05) is 17.8 Å². The molecule has 2 aromatic rings. The maximum Gasteiger partial charge on any atom is 0.251 e. The number of piperidine rings is 1. The first kappa shape index (κ1) is 18.1. The van der Waals surface area contributed by atoms with Crippen LogP contribution in [0, 0.1) is 0 Å². The Kier molecular flexibility index (Phi) is 6.39. The Labute approximate surface area is 154 Å². The van der Waals surface area contributed by atoms with E-state index >= 15 is 0 Å². The van der Waals surface area contributed by atoms with Gasteiger partial charge in [0.2, 0.25) is 5.91 Å². The molecule has 2 amide bonds. The molecule has 1 aliphatic rings. The molecule has 2 N–H and O–H groups in total. The third-order valence-electron chi connectivity index (χ3n) is 4.54. The third-order valence-corrected chi connectivity index (χ3v) is 4.54. The number of amides is 2. The quantitative estimate of drug-likeness (QED) is 0.841. The number of rotatable bonds is 6. The van der Waals surface area contributed by atoms with Gasteiger partial charge in [-0.3, -0.25) is 14.5 Å². The Balaban J connectivity index is 1.44. The minimum absolute atomic E-state index is 0.0523. The molecule has 0 atom stereocenters. The van der Waals surface area contributed by atoms with Crippen LogP contribution < -0.4 is 10.6 Å². The predicted molar refractivity (Wildman–Crippen MR) is 103 cm³/mol. The van der Waals surface area contributed by atoms with Crippen LogP contribution in [0.15, 0.2) is 54.6 Å². The minimum Gasteiger partial charge on any atom is -0.343 e. The fourth-order valence-electron chi connectivity index (χ4n) is 3.13.